The molecule has 4 rings (SSSR count). The van der Waals surface area contributed by atoms with Gasteiger partial charge in [-0.05, 0) is 56.5 Å². The van der Waals surface area contributed by atoms with Crippen LogP contribution >= 0.6 is 0 Å². The second-order valence-electron chi connectivity index (χ2n) is 8.98. The summed E-state index contributed by atoms with van der Waals surface area (Å²) in [5.41, 5.74) is 1.88. The fourth-order valence-electron chi connectivity index (χ4n) is 4.56. The first-order valence-corrected chi connectivity index (χ1v) is 11.6. The van der Waals surface area contributed by atoms with E-state index < -0.39 is 0 Å². The number of urea groups is 1. The number of nitrogens with one attached hydrogen (secondary N) is 1. The van der Waals surface area contributed by atoms with Gasteiger partial charge in [0.15, 0.2) is 0 Å². The van der Waals surface area contributed by atoms with Crippen LogP contribution in [-0.4, -0.2) is 72.0 Å². The zero-order valence-electron chi connectivity index (χ0n) is 19.0. The maximum Gasteiger partial charge on any atom is 0.317 e. The number of hydrogen-bond acceptors (Lipinski definition) is 4. The van der Waals surface area contributed by atoms with Crippen molar-refractivity contribution in [2.24, 2.45) is 0 Å². The molecule has 0 aliphatic carbocycles. The van der Waals surface area contributed by atoms with Crippen LogP contribution < -0.4 is 10.2 Å². The first-order chi connectivity index (χ1) is 15.5. The molecule has 0 spiro atoms. The summed E-state index contributed by atoms with van der Waals surface area (Å²) in [4.78, 5) is 36.1. The smallest absolute Gasteiger partial charge is 0.317 e. The van der Waals surface area contributed by atoms with Crippen molar-refractivity contribution in [3.8, 4) is 0 Å². The number of carbonyl (C=O) groups is 2. The van der Waals surface area contributed by atoms with Gasteiger partial charge in [-0.25, -0.2) is 9.78 Å². The Labute approximate surface area is 190 Å². The fraction of sp³-hybridized carbons (Fsp3) is 0.480. The summed E-state index contributed by atoms with van der Waals surface area (Å²) < 4.78 is 0. The molecule has 3 amide bonds. The van der Waals surface area contributed by atoms with E-state index in [1.54, 1.807) is 6.20 Å². The first-order valence-electron chi connectivity index (χ1n) is 11.6. The lowest BCUT2D eigenvalue weighted by Gasteiger charge is -2.36. The van der Waals surface area contributed by atoms with E-state index in [0.29, 0.717) is 19.6 Å². The zero-order valence-corrected chi connectivity index (χ0v) is 19.0. The van der Waals surface area contributed by atoms with Crippen molar-refractivity contribution >= 4 is 17.8 Å². The number of anilines is 1. The van der Waals surface area contributed by atoms with Crippen LogP contribution in [-0.2, 0) is 0 Å². The lowest BCUT2D eigenvalue weighted by molar-refractivity contribution is 0.0746. The highest BCUT2D eigenvalue weighted by Crippen LogP contribution is 2.28. The quantitative estimate of drug-likeness (QED) is 0.800. The van der Waals surface area contributed by atoms with Gasteiger partial charge in [-0.3, -0.25) is 4.79 Å². The number of amides is 3. The van der Waals surface area contributed by atoms with E-state index in [4.69, 9.17) is 0 Å². The zero-order chi connectivity index (χ0) is 22.5. The van der Waals surface area contributed by atoms with Crippen molar-refractivity contribution in [1.29, 1.82) is 0 Å². The number of benzene rings is 1. The van der Waals surface area contributed by atoms with Gasteiger partial charge in [0.1, 0.15) is 5.82 Å². The highest BCUT2D eigenvalue weighted by Gasteiger charge is 2.27. The number of nitrogens with zero attached hydrogens (tertiary/aromatic N) is 4. The van der Waals surface area contributed by atoms with E-state index in [9.17, 15) is 9.59 Å². The number of likely N-dealkylation sites (tertiary alicyclic amines) is 1. The molecule has 1 aromatic carbocycles. The standard InChI is InChI=1S/C25H33N5O2/c1-19(2)27-25(32)30-12-6-9-22(18-30)20-7-5-8-21(17-20)24(31)29-15-13-28(14-16-29)23-10-3-4-11-26-23/h3-5,7-8,10-11,17,19,22H,6,9,12-16,18H2,1-2H3,(H,27,32)/t22-/m0/s1. The summed E-state index contributed by atoms with van der Waals surface area (Å²) >= 11 is 0. The van der Waals surface area contributed by atoms with Crippen LogP contribution in [0.2, 0.25) is 0 Å². The van der Waals surface area contributed by atoms with E-state index >= 15 is 0 Å². The molecular weight excluding hydrogens is 402 g/mol. The number of aromatic nitrogens is 1. The minimum absolute atomic E-state index is 0.00251. The molecule has 7 nitrogen and oxygen atoms in total. The van der Waals surface area contributed by atoms with Crippen molar-refractivity contribution in [2.45, 2.75) is 38.6 Å². The van der Waals surface area contributed by atoms with E-state index in [-0.39, 0.29) is 23.9 Å². The van der Waals surface area contributed by atoms with Crippen LogP contribution in [0.15, 0.2) is 48.7 Å². The van der Waals surface area contributed by atoms with Gasteiger partial charge in [0.05, 0.1) is 0 Å². The molecule has 0 radical (unpaired) electrons. The number of rotatable bonds is 4. The average molecular weight is 436 g/mol. The fourth-order valence-corrected chi connectivity index (χ4v) is 4.56. The number of hydrogen-bond donors (Lipinski definition) is 1. The van der Waals surface area contributed by atoms with Crippen molar-refractivity contribution in [2.75, 3.05) is 44.2 Å². The Morgan fingerprint density at radius 1 is 1.00 bits per heavy atom. The molecule has 2 fully saturated rings. The maximum atomic E-state index is 13.2. The Balaban J connectivity index is 1.38. The van der Waals surface area contributed by atoms with Gasteiger partial charge in [-0.1, -0.05) is 18.2 Å². The summed E-state index contributed by atoms with van der Waals surface area (Å²) in [5.74, 6) is 1.30. The molecule has 2 aliphatic heterocycles. The minimum atomic E-state index is 0.00251. The third-order valence-electron chi connectivity index (χ3n) is 6.27. The van der Waals surface area contributed by atoms with Gasteiger partial charge in [0.25, 0.3) is 5.91 Å². The Bertz CT molecular complexity index is 925. The van der Waals surface area contributed by atoms with Gasteiger partial charge in [-0.15, -0.1) is 0 Å². The van der Waals surface area contributed by atoms with Gasteiger partial charge >= 0.3 is 6.03 Å². The lowest BCUT2D eigenvalue weighted by Crippen LogP contribution is -2.49. The van der Waals surface area contributed by atoms with Crippen LogP contribution in [0.5, 0.6) is 0 Å². The third-order valence-corrected chi connectivity index (χ3v) is 6.27. The summed E-state index contributed by atoms with van der Waals surface area (Å²) in [5, 5.41) is 2.99. The number of carbonyl (C=O) groups excluding carboxylic acids is 2. The molecule has 32 heavy (non-hydrogen) atoms. The molecular formula is C25H33N5O2. The van der Waals surface area contributed by atoms with Crippen molar-refractivity contribution in [3.63, 3.8) is 0 Å². The SMILES string of the molecule is CC(C)NC(=O)N1CCC[C@H](c2cccc(C(=O)N3CCN(c4ccccn4)CC3)c2)C1. The van der Waals surface area contributed by atoms with Crippen LogP contribution in [0.1, 0.15) is 48.5 Å². The van der Waals surface area contributed by atoms with Crippen LogP contribution in [0, 0.1) is 0 Å². The number of piperazine rings is 1. The highest BCUT2D eigenvalue weighted by atomic mass is 16.2. The summed E-state index contributed by atoms with van der Waals surface area (Å²) in [7, 11) is 0. The summed E-state index contributed by atoms with van der Waals surface area (Å²) in [6, 6.07) is 14.0. The molecule has 0 saturated carbocycles. The predicted octanol–water partition coefficient (Wildman–Crippen LogP) is 3.34. The van der Waals surface area contributed by atoms with Gasteiger partial charge in [0, 0.05) is 63.0 Å². The summed E-state index contributed by atoms with van der Waals surface area (Å²) in [6.45, 7) is 8.37. The second kappa shape index (κ2) is 10.0. The van der Waals surface area contributed by atoms with Crippen LogP contribution in [0.3, 0.4) is 0 Å². The van der Waals surface area contributed by atoms with E-state index in [1.807, 2.05) is 60.0 Å². The molecule has 0 bridgehead atoms. The van der Waals surface area contributed by atoms with E-state index in [1.165, 1.54) is 0 Å². The molecule has 2 aromatic rings. The van der Waals surface area contributed by atoms with Crippen LogP contribution in [0.25, 0.3) is 0 Å². The minimum Gasteiger partial charge on any atom is -0.353 e. The predicted molar refractivity (Wildman–Crippen MR) is 126 cm³/mol. The summed E-state index contributed by atoms with van der Waals surface area (Å²) in [6.07, 6.45) is 3.81. The Morgan fingerprint density at radius 2 is 1.81 bits per heavy atom. The van der Waals surface area contributed by atoms with Crippen molar-refractivity contribution < 1.29 is 9.59 Å². The Morgan fingerprint density at radius 3 is 2.53 bits per heavy atom. The van der Waals surface area contributed by atoms with Crippen LogP contribution in [0.4, 0.5) is 10.6 Å². The molecule has 7 heteroatoms. The van der Waals surface area contributed by atoms with Crippen molar-refractivity contribution in [1.82, 2.24) is 20.1 Å². The van der Waals surface area contributed by atoms with Gasteiger partial charge < -0.3 is 20.0 Å². The second-order valence-corrected chi connectivity index (χ2v) is 8.98. The lowest BCUT2D eigenvalue weighted by atomic mass is 9.89. The molecule has 170 valence electrons. The highest BCUT2D eigenvalue weighted by molar-refractivity contribution is 5.94. The monoisotopic (exact) mass is 435 g/mol. The number of piperidine rings is 1. The maximum absolute atomic E-state index is 13.2. The molecule has 0 unspecified atom stereocenters. The third kappa shape index (κ3) is 5.21. The molecule has 1 aromatic heterocycles. The van der Waals surface area contributed by atoms with E-state index in [2.05, 4.69) is 21.3 Å². The average Bonchev–Trinajstić information content (AvgIpc) is 2.84. The van der Waals surface area contributed by atoms with Gasteiger partial charge in [0.2, 0.25) is 0 Å². The Hall–Kier alpha value is -3.09. The molecule has 1 atom stereocenters. The first kappa shape index (κ1) is 22.1. The molecule has 3 heterocycles. The Kier molecular flexibility index (Phi) is 6.93. The van der Waals surface area contributed by atoms with Gasteiger partial charge in [-0.2, -0.15) is 0 Å². The molecule has 1 N–H and O–H groups in total. The van der Waals surface area contributed by atoms with Crippen molar-refractivity contribution in [3.05, 3.63) is 59.8 Å². The normalized spacial score (nSPS) is 19.2. The number of pyridine rings is 1. The molecule has 2 saturated heterocycles. The topological polar surface area (TPSA) is 68.8 Å². The van der Waals surface area contributed by atoms with E-state index in [0.717, 1.165) is 49.4 Å². The largest absolute Gasteiger partial charge is 0.353 e. The molecule has 2 aliphatic rings.